The summed E-state index contributed by atoms with van der Waals surface area (Å²) in [4.78, 5) is 0.346. The van der Waals surface area contributed by atoms with Crippen LogP contribution in [0.3, 0.4) is 0 Å². The summed E-state index contributed by atoms with van der Waals surface area (Å²) >= 11 is 0. The zero-order valence-electron chi connectivity index (χ0n) is 13.8. The smallest absolute Gasteiger partial charge is 0.243 e. The molecule has 2 aliphatic heterocycles. The van der Waals surface area contributed by atoms with E-state index in [1.54, 1.807) is 36.7 Å². The highest BCUT2D eigenvalue weighted by Crippen LogP contribution is 2.32. The minimum atomic E-state index is -3.46. The molecule has 2 fully saturated rings. The molecule has 3 rings (SSSR count). The summed E-state index contributed by atoms with van der Waals surface area (Å²) in [6, 6.07) is 6.08. The van der Waals surface area contributed by atoms with Gasteiger partial charge in [0.05, 0.1) is 12.0 Å². The average molecular weight is 361 g/mol. The topological polar surface area (TPSA) is 58.6 Å². The van der Waals surface area contributed by atoms with Gasteiger partial charge in [0.15, 0.2) is 0 Å². The first-order valence-electron chi connectivity index (χ1n) is 7.80. The Morgan fingerprint density at radius 1 is 1.22 bits per heavy atom. The Balaban J connectivity index is 0.00000192. The quantitative estimate of drug-likeness (QED) is 0.895. The van der Waals surface area contributed by atoms with E-state index in [1.165, 1.54) is 0 Å². The van der Waals surface area contributed by atoms with Gasteiger partial charge >= 0.3 is 0 Å². The molecule has 2 aliphatic rings. The van der Waals surface area contributed by atoms with E-state index in [-0.39, 0.29) is 18.4 Å². The maximum absolute atomic E-state index is 12.9. The van der Waals surface area contributed by atoms with E-state index in [2.05, 4.69) is 5.32 Å². The lowest BCUT2D eigenvalue weighted by molar-refractivity contribution is 0.251. The lowest BCUT2D eigenvalue weighted by atomic mass is 10.0. The van der Waals surface area contributed by atoms with Crippen LogP contribution in [0.25, 0.3) is 0 Å². The zero-order valence-corrected chi connectivity index (χ0v) is 15.4. The van der Waals surface area contributed by atoms with Crippen molar-refractivity contribution in [2.45, 2.75) is 55.6 Å². The second kappa shape index (κ2) is 6.97. The molecule has 1 N–H and O–H groups in total. The second-order valence-electron chi connectivity index (χ2n) is 6.42. The molecule has 1 aromatic carbocycles. The van der Waals surface area contributed by atoms with Crippen molar-refractivity contribution in [2.75, 3.05) is 14.2 Å². The predicted molar refractivity (Wildman–Crippen MR) is 92.9 cm³/mol. The van der Waals surface area contributed by atoms with Gasteiger partial charge in [-0.25, -0.2) is 8.42 Å². The molecule has 1 aromatic rings. The molecule has 0 aliphatic carbocycles. The first-order chi connectivity index (χ1) is 10.4. The van der Waals surface area contributed by atoms with Crippen LogP contribution < -0.4 is 10.1 Å². The van der Waals surface area contributed by atoms with E-state index in [9.17, 15) is 8.42 Å². The van der Waals surface area contributed by atoms with Crippen molar-refractivity contribution in [3.63, 3.8) is 0 Å². The summed E-state index contributed by atoms with van der Waals surface area (Å²) < 4.78 is 32.5. The van der Waals surface area contributed by atoms with E-state index in [0.717, 1.165) is 31.2 Å². The Morgan fingerprint density at radius 2 is 1.83 bits per heavy atom. The summed E-state index contributed by atoms with van der Waals surface area (Å²) in [6.07, 6.45) is 4.14. The lowest BCUT2D eigenvalue weighted by Gasteiger charge is -2.34. The maximum atomic E-state index is 12.9. The van der Waals surface area contributed by atoms with Gasteiger partial charge in [-0.2, -0.15) is 4.31 Å². The Hall–Kier alpha value is -0.820. The van der Waals surface area contributed by atoms with Crippen molar-refractivity contribution in [1.29, 1.82) is 0 Å². The number of hydrogen-bond acceptors (Lipinski definition) is 4. The predicted octanol–water partition coefficient (Wildman–Crippen LogP) is 2.33. The number of piperidine rings is 1. The first kappa shape index (κ1) is 18.5. The highest BCUT2D eigenvalue weighted by Gasteiger charge is 2.38. The number of hydrogen-bond donors (Lipinski definition) is 1. The summed E-state index contributed by atoms with van der Waals surface area (Å²) in [5.41, 5.74) is 0.836. The van der Waals surface area contributed by atoms with Gasteiger partial charge in [0.2, 0.25) is 10.0 Å². The molecule has 130 valence electrons. The van der Waals surface area contributed by atoms with E-state index in [1.807, 2.05) is 6.92 Å². The second-order valence-corrected chi connectivity index (χ2v) is 8.41. The molecule has 5 nitrogen and oxygen atoms in total. The number of nitrogens with one attached hydrogen (secondary N) is 1. The molecule has 23 heavy (non-hydrogen) atoms. The Morgan fingerprint density at radius 3 is 2.35 bits per heavy atom. The van der Waals surface area contributed by atoms with Gasteiger partial charge in [-0.3, -0.25) is 0 Å². The van der Waals surface area contributed by atoms with Crippen LogP contribution in [0.4, 0.5) is 0 Å². The molecule has 2 heterocycles. The monoisotopic (exact) mass is 360 g/mol. The standard InChI is InChI=1S/C16H24N2O3S.ClH/c1-11-8-15(6-7-16(11)21-3)22(19,20)18(2)14-9-12-4-5-13(10-14)17-12;/h6-8,12-14,17H,4-5,9-10H2,1-3H3;1H. The average Bonchev–Trinajstić information content (AvgIpc) is 2.84. The molecule has 2 bridgehead atoms. The lowest BCUT2D eigenvalue weighted by Crippen LogP contribution is -2.48. The van der Waals surface area contributed by atoms with Crippen molar-refractivity contribution in [3.05, 3.63) is 23.8 Å². The van der Waals surface area contributed by atoms with Crippen molar-refractivity contribution < 1.29 is 13.2 Å². The van der Waals surface area contributed by atoms with Crippen LogP contribution in [0.1, 0.15) is 31.2 Å². The van der Waals surface area contributed by atoms with Crippen LogP contribution >= 0.6 is 12.4 Å². The highest BCUT2D eigenvalue weighted by atomic mass is 35.5. The Labute approximate surface area is 144 Å². The summed E-state index contributed by atoms with van der Waals surface area (Å²) in [6.45, 7) is 1.86. The molecule has 0 amide bonds. The van der Waals surface area contributed by atoms with Crippen LogP contribution in [0.5, 0.6) is 5.75 Å². The van der Waals surface area contributed by atoms with Crippen LogP contribution in [-0.4, -0.2) is 45.0 Å². The number of aryl methyl sites for hydroxylation is 1. The molecule has 2 saturated heterocycles. The van der Waals surface area contributed by atoms with E-state index < -0.39 is 10.0 Å². The molecule has 0 spiro atoms. The number of fused-ring (bicyclic) bond motifs is 2. The first-order valence-corrected chi connectivity index (χ1v) is 9.24. The SMILES string of the molecule is COc1ccc(S(=O)(=O)N(C)C2CC3CCC(C2)N3)cc1C.Cl. The Kier molecular flexibility index (Phi) is 5.61. The van der Waals surface area contributed by atoms with Crippen LogP contribution in [0.15, 0.2) is 23.1 Å². The van der Waals surface area contributed by atoms with E-state index in [0.29, 0.717) is 22.7 Å². The van der Waals surface area contributed by atoms with Gasteiger partial charge in [-0.05, 0) is 56.4 Å². The number of methoxy groups -OCH3 is 1. The molecule has 0 radical (unpaired) electrons. The van der Waals surface area contributed by atoms with Crippen molar-refractivity contribution in [1.82, 2.24) is 9.62 Å². The molecule has 2 unspecified atom stereocenters. The molecular formula is C16H25ClN2O3S. The van der Waals surface area contributed by atoms with Crippen molar-refractivity contribution in [2.24, 2.45) is 0 Å². The molecular weight excluding hydrogens is 336 g/mol. The molecule has 2 atom stereocenters. The fraction of sp³-hybridized carbons (Fsp3) is 0.625. The maximum Gasteiger partial charge on any atom is 0.243 e. The van der Waals surface area contributed by atoms with Gasteiger partial charge in [-0.15, -0.1) is 12.4 Å². The van der Waals surface area contributed by atoms with Gasteiger partial charge in [-0.1, -0.05) is 0 Å². The highest BCUT2D eigenvalue weighted by molar-refractivity contribution is 7.89. The number of ether oxygens (including phenoxy) is 1. The van der Waals surface area contributed by atoms with Crippen molar-refractivity contribution in [3.8, 4) is 5.75 Å². The van der Waals surface area contributed by atoms with Gasteiger partial charge < -0.3 is 10.1 Å². The van der Waals surface area contributed by atoms with Crippen LogP contribution in [0, 0.1) is 6.92 Å². The number of nitrogens with zero attached hydrogens (tertiary/aromatic N) is 1. The zero-order chi connectivity index (χ0) is 15.9. The molecule has 7 heteroatoms. The molecule has 0 aromatic heterocycles. The van der Waals surface area contributed by atoms with E-state index in [4.69, 9.17) is 4.74 Å². The fourth-order valence-electron chi connectivity index (χ4n) is 3.70. The summed E-state index contributed by atoms with van der Waals surface area (Å²) in [5, 5.41) is 3.55. The molecule has 0 saturated carbocycles. The number of halogens is 1. The minimum Gasteiger partial charge on any atom is -0.496 e. The van der Waals surface area contributed by atoms with Crippen LogP contribution in [0.2, 0.25) is 0 Å². The number of sulfonamides is 1. The largest absolute Gasteiger partial charge is 0.496 e. The van der Waals surface area contributed by atoms with Crippen molar-refractivity contribution >= 4 is 22.4 Å². The number of benzene rings is 1. The van der Waals surface area contributed by atoms with Crippen LogP contribution in [-0.2, 0) is 10.0 Å². The van der Waals surface area contributed by atoms with Gasteiger partial charge in [0, 0.05) is 25.2 Å². The third-order valence-corrected chi connectivity index (χ3v) is 6.91. The number of rotatable bonds is 4. The summed E-state index contributed by atoms with van der Waals surface area (Å²) in [7, 11) is -0.152. The third kappa shape index (κ3) is 3.50. The third-order valence-electron chi connectivity index (χ3n) is 5.01. The minimum absolute atomic E-state index is 0. The van der Waals surface area contributed by atoms with Gasteiger partial charge in [0.25, 0.3) is 0 Å². The Bertz CT molecular complexity index is 653. The van der Waals surface area contributed by atoms with E-state index >= 15 is 0 Å². The normalized spacial score (nSPS) is 26.9. The fourth-order valence-corrected chi connectivity index (χ4v) is 5.16. The van der Waals surface area contributed by atoms with Gasteiger partial charge in [0.1, 0.15) is 5.75 Å². The summed E-state index contributed by atoms with van der Waals surface area (Å²) in [5.74, 6) is 0.710.